The van der Waals surface area contributed by atoms with Gasteiger partial charge < -0.3 is 4.74 Å². The van der Waals surface area contributed by atoms with Crippen molar-refractivity contribution in [3.63, 3.8) is 0 Å². The second-order valence-electron chi connectivity index (χ2n) is 2.32. The molecule has 0 fully saturated rings. The number of esters is 1. The van der Waals surface area contributed by atoms with Crippen LogP contribution in [0, 0.1) is 0 Å². The minimum atomic E-state index is -1.52. The van der Waals surface area contributed by atoms with E-state index in [1.54, 1.807) is 6.92 Å². The molecular formula is C8H13FO2. The van der Waals surface area contributed by atoms with Crippen LogP contribution in [0.1, 0.15) is 27.2 Å². The number of hydrogen-bond donors (Lipinski definition) is 0. The van der Waals surface area contributed by atoms with E-state index in [2.05, 4.69) is 4.74 Å². The summed E-state index contributed by atoms with van der Waals surface area (Å²) in [7, 11) is 0. The predicted molar refractivity (Wildman–Crippen MR) is 40.7 cm³/mol. The van der Waals surface area contributed by atoms with Gasteiger partial charge in [0.15, 0.2) is 0 Å². The summed E-state index contributed by atoms with van der Waals surface area (Å²) in [5.74, 6) is -0.612. The third-order valence-corrected chi connectivity index (χ3v) is 1.20. The Kier molecular flexibility index (Phi) is 4.50. The molecule has 0 heterocycles. The molecule has 64 valence electrons. The molecule has 0 aliphatic carbocycles. The Labute approximate surface area is 66.0 Å². The number of halogens is 1. The molecule has 0 aliphatic heterocycles. The van der Waals surface area contributed by atoms with Crippen molar-refractivity contribution in [1.82, 2.24) is 0 Å². The Morgan fingerprint density at radius 2 is 2.27 bits per heavy atom. The van der Waals surface area contributed by atoms with Crippen molar-refractivity contribution in [1.29, 1.82) is 0 Å². The molecule has 0 aromatic carbocycles. The Hall–Kier alpha value is -0.860. The zero-order chi connectivity index (χ0) is 8.85. The Morgan fingerprint density at radius 1 is 1.73 bits per heavy atom. The van der Waals surface area contributed by atoms with Crippen LogP contribution in [0.5, 0.6) is 0 Å². The van der Waals surface area contributed by atoms with Crippen LogP contribution in [0.2, 0.25) is 0 Å². The molecule has 0 aromatic rings. The summed E-state index contributed by atoms with van der Waals surface area (Å²) in [6.45, 7) is 4.88. The molecule has 0 saturated carbocycles. The van der Waals surface area contributed by atoms with Crippen LogP contribution in [0.4, 0.5) is 4.39 Å². The highest BCUT2D eigenvalue weighted by atomic mass is 19.1. The monoisotopic (exact) mass is 160 g/mol. The van der Waals surface area contributed by atoms with E-state index in [4.69, 9.17) is 0 Å². The van der Waals surface area contributed by atoms with Crippen molar-refractivity contribution in [2.75, 3.05) is 0 Å². The standard InChI is InChI=1S/C8H13FO2/c1-4-6(2)5-8(10)11-7(3)9/h5,7H,4H2,1-3H3. The molecule has 1 atom stereocenters. The highest BCUT2D eigenvalue weighted by Crippen LogP contribution is 2.00. The number of ether oxygens (including phenoxy) is 1. The highest BCUT2D eigenvalue weighted by molar-refractivity contribution is 5.82. The summed E-state index contributed by atoms with van der Waals surface area (Å²) in [5, 5.41) is 0. The highest BCUT2D eigenvalue weighted by Gasteiger charge is 2.03. The zero-order valence-electron chi connectivity index (χ0n) is 7.06. The fourth-order valence-corrected chi connectivity index (χ4v) is 0.497. The maximum Gasteiger partial charge on any atom is 0.333 e. The number of hydrogen-bond acceptors (Lipinski definition) is 2. The topological polar surface area (TPSA) is 26.3 Å². The molecule has 11 heavy (non-hydrogen) atoms. The molecule has 2 nitrogen and oxygen atoms in total. The molecule has 0 rings (SSSR count). The number of rotatable bonds is 3. The van der Waals surface area contributed by atoms with Crippen molar-refractivity contribution in [3.05, 3.63) is 11.6 Å². The minimum absolute atomic E-state index is 0.612. The smallest absolute Gasteiger partial charge is 0.333 e. The second kappa shape index (κ2) is 4.88. The first kappa shape index (κ1) is 10.1. The molecule has 1 unspecified atom stereocenters. The van der Waals surface area contributed by atoms with E-state index in [0.29, 0.717) is 0 Å². The average Bonchev–Trinajstić information content (AvgIpc) is 1.85. The van der Waals surface area contributed by atoms with Crippen molar-refractivity contribution in [3.8, 4) is 0 Å². The van der Waals surface area contributed by atoms with Gasteiger partial charge in [0.2, 0.25) is 6.36 Å². The largest absolute Gasteiger partial charge is 0.428 e. The van der Waals surface area contributed by atoms with Crippen molar-refractivity contribution >= 4 is 5.97 Å². The molecule has 3 heteroatoms. The molecule has 0 amide bonds. The Bertz CT molecular complexity index is 161. The number of carbonyl (C=O) groups is 1. The number of allylic oxidation sites excluding steroid dienone is 1. The molecule has 0 radical (unpaired) electrons. The van der Waals surface area contributed by atoms with Gasteiger partial charge in [-0.25, -0.2) is 9.18 Å². The summed E-state index contributed by atoms with van der Waals surface area (Å²) in [6, 6.07) is 0. The van der Waals surface area contributed by atoms with E-state index in [9.17, 15) is 9.18 Å². The normalized spacial score (nSPS) is 14.4. The number of carbonyl (C=O) groups excluding carboxylic acids is 1. The predicted octanol–water partition coefficient (Wildman–Crippen LogP) is 2.20. The first-order valence-corrected chi connectivity index (χ1v) is 3.58. The van der Waals surface area contributed by atoms with E-state index in [1.165, 1.54) is 13.0 Å². The summed E-state index contributed by atoms with van der Waals surface area (Å²) in [5.41, 5.74) is 0.885. The summed E-state index contributed by atoms with van der Waals surface area (Å²) in [6.07, 6.45) is 0.551. The van der Waals surface area contributed by atoms with E-state index in [1.807, 2.05) is 6.92 Å². The third kappa shape index (κ3) is 5.58. The van der Waals surface area contributed by atoms with Crippen molar-refractivity contribution in [2.24, 2.45) is 0 Å². The molecular weight excluding hydrogens is 147 g/mol. The van der Waals surface area contributed by atoms with Crippen LogP contribution in [-0.2, 0) is 9.53 Å². The van der Waals surface area contributed by atoms with E-state index in [0.717, 1.165) is 12.0 Å². The number of alkyl halides is 1. The van der Waals surface area contributed by atoms with Crippen molar-refractivity contribution < 1.29 is 13.9 Å². The lowest BCUT2D eigenvalue weighted by Crippen LogP contribution is -2.07. The van der Waals surface area contributed by atoms with Gasteiger partial charge in [-0.2, -0.15) is 0 Å². The SMILES string of the molecule is CCC(C)=CC(=O)OC(C)F. The summed E-state index contributed by atoms with van der Waals surface area (Å²) >= 11 is 0. The fourth-order valence-electron chi connectivity index (χ4n) is 0.497. The first-order chi connectivity index (χ1) is 5.06. The second-order valence-corrected chi connectivity index (χ2v) is 2.32. The Balaban J connectivity index is 3.86. The van der Waals surface area contributed by atoms with Gasteiger partial charge in [0.05, 0.1) is 0 Å². The van der Waals surface area contributed by atoms with Gasteiger partial charge in [0.1, 0.15) is 0 Å². The average molecular weight is 160 g/mol. The van der Waals surface area contributed by atoms with E-state index < -0.39 is 12.3 Å². The van der Waals surface area contributed by atoms with Crippen LogP contribution in [0.15, 0.2) is 11.6 Å². The minimum Gasteiger partial charge on any atom is -0.428 e. The molecule has 0 aliphatic rings. The maximum absolute atomic E-state index is 12.0. The van der Waals surface area contributed by atoms with Gasteiger partial charge in [-0.1, -0.05) is 12.5 Å². The van der Waals surface area contributed by atoms with Gasteiger partial charge in [-0.05, 0) is 13.3 Å². The molecule has 0 bridgehead atoms. The van der Waals surface area contributed by atoms with Crippen molar-refractivity contribution in [2.45, 2.75) is 33.5 Å². The van der Waals surface area contributed by atoms with E-state index in [-0.39, 0.29) is 0 Å². The lowest BCUT2D eigenvalue weighted by atomic mass is 10.2. The summed E-state index contributed by atoms with van der Waals surface area (Å²) < 4.78 is 16.3. The van der Waals surface area contributed by atoms with Crippen LogP contribution in [-0.4, -0.2) is 12.3 Å². The fraction of sp³-hybridized carbons (Fsp3) is 0.625. The van der Waals surface area contributed by atoms with Crippen LogP contribution >= 0.6 is 0 Å². The van der Waals surface area contributed by atoms with Gasteiger partial charge in [-0.3, -0.25) is 0 Å². The van der Waals surface area contributed by atoms with Gasteiger partial charge >= 0.3 is 5.97 Å². The summed E-state index contributed by atoms with van der Waals surface area (Å²) in [4.78, 5) is 10.7. The molecule has 0 aromatic heterocycles. The lowest BCUT2D eigenvalue weighted by Gasteiger charge is -2.01. The molecule has 0 saturated heterocycles. The Morgan fingerprint density at radius 3 is 2.64 bits per heavy atom. The van der Waals surface area contributed by atoms with Crippen LogP contribution in [0.3, 0.4) is 0 Å². The van der Waals surface area contributed by atoms with Gasteiger partial charge in [0.25, 0.3) is 0 Å². The molecule has 0 N–H and O–H groups in total. The van der Waals surface area contributed by atoms with Gasteiger partial charge in [-0.15, -0.1) is 0 Å². The lowest BCUT2D eigenvalue weighted by molar-refractivity contribution is -0.149. The third-order valence-electron chi connectivity index (χ3n) is 1.20. The van der Waals surface area contributed by atoms with Crippen LogP contribution in [0.25, 0.3) is 0 Å². The van der Waals surface area contributed by atoms with Gasteiger partial charge in [0, 0.05) is 13.0 Å². The first-order valence-electron chi connectivity index (χ1n) is 3.58. The van der Waals surface area contributed by atoms with E-state index >= 15 is 0 Å². The zero-order valence-corrected chi connectivity index (χ0v) is 7.06. The quantitative estimate of drug-likeness (QED) is 0.467. The van der Waals surface area contributed by atoms with Crippen LogP contribution < -0.4 is 0 Å². The maximum atomic E-state index is 12.0. The molecule has 0 spiro atoms.